The Bertz CT molecular complexity index is 607. The van der Waals surface area contributed by atoms with E-state index in [1.807, 2.05) is 31.3 Å². The Hall–Kier alpha value is -2.57. The highest BCUT2D eigenvalue weighted by atomic mass is 16.5. The lowest BCUT2D eigenvalue weighted by Crippen LogP contribution is -2.37. The number of rotatable bonds is 5. The van der Waals surface area contributed by atoms with Gasteiger partial charge in [-0.25, -0.2) is 4.98 Å². The molecule has 0 aliphatic carbocycles. The first-order valence-electron chi connectivity index (χ1n) is 6.64. The smallest absolute Gasteiger partial charge is 0.191 e. The van der Waals surface area contributed by atoms with Crippen LogP contribution in [0.5, 0.6) is 5.75 Å². The molecule has 0 bridgehead atoms. The Morgan fingerprint density at radius 3 is 2.71 bits per heavy atom. The topological polar surface area (TPSA) is 76.4 Å². The number of ether oxygens (including phenoxy) is 1. The van der Waals surface area contributed by atoms with Crippen molar-refractivity contribution in [2.24, 2.45) is 12.0 Å². The molecule has 0 saturated carbocycles. The minimum absolute atomic E-state index is 0.558. The van der Waals surface area contributed by atoms with Crippen molar-refractivity contribution >= 4 is 5.96 Å². The quantitative estimate of drug-likeness (QED) is 0.625. The van der Waals surface area contributed by atoms with Crippen molar-refractivity contribution in [1.82, 2.24) is 25.4 Å². The number of hydrogen-bond acceptors (Lipinski definition) is 4. The molecule has 21 heavy (non-hydrogen) atoms. The zero-order valence-corrected chi connectivity index (χ0v) is 12.5. The van der Waals surface area contributed by atoms with Crippen LogP contribution in [-0.4, -0.2) is 34.9 Å². The molecule has 0 unspecified atom stereocenters. The molecule has 7 heteroatoms. The fourth-order valence-electron chi connectivity index (χ4n) is 1.89. The Kier molecular flexibility index (Phi) is 5.14. The Balaban J connectivity index is 1.90. The molecular weight excluding hydrogens is 268 g/mol. The third kappa shape index (κ3) is 3.95. The van der Waals surface area contributed by atoms with Gasteiger partial charge in [0.25, 0.3) is 0 Å². The molecule has 112 valence electrons. The van der Waals surface area contributed by atoms with Gasteiger partial charge in [-0.1, -0.05) is 18.2 Å². The van der Waals surface area contributed by atoms with E-state index in [0.717, 1.165) is 17.1 Å². The number of aryl methyl sites for hydroxylation is 1. The maximum Gasteiger partial charge on any atom is 0.191 e. The zero-order chi connectivity index (χ0) is 15.1. The first kappa shape index (κ1) is 14.8. The fraction of sp³-hybridized carbons (Fsp3) is 0.357. The molecule has 0 saturated heterocycles. The van der Waals surface area contributed by atoms with Crippen LogP contribution in [0, 0.1) is 0 Å². The van der Waals surface area contributed by atoms with Crippen LogP contribution in [0.3, 0.4) is 0 Å². The predicted octanol–water partition coefficient (Wildman–Crippen LogP) is 0.689. The minimum atomic E-state index is 0.558. The number of nitrogens with one attached hydrogen (secondary N) is 2. The molecule has 0 aliphatic rings. The number of aromatic nitrogens is 3. The Morgan fingerprint density at radius 1 is 1.29 bits per heavy atom. The van der Waals surface area contributed by atoms with Gasteiger partial charge in [-0.05, 0) is 6.07 Å². The number of hydrogen-bond donors (Lipinski definition) is 2. The number of nitrogens with zero attached hydrogens (tertiary/aromatic N) is 4. The zero-order valence-electron chi connectivity index (χ0n) is 12.5. The average Bonchev–Trinajstić information content (AvgIpc) is 2.93. The first-order valence-corrected chi connectivity index (χ1v) is 6.64. The van der Waals surface area contributed by atoms with Crippen LogP contribution in [0.2, 0.25) is 0 Å². The summed E-state index contributed by atoms with van der Waals surface area (Å²) in [5.74, 6) is 2.40. The van der Waals surface area contributed by atoms with Gasteiger partial charge in [0, 0.05) is 26.2 Å². The summed E-state index contributed by atoms with van der Waals surface area (Å²) in [4.78, 5) is 8.34. The van der Waals surface area contributed by atoms with Crippen LogP contribution in [0.1, 0.15) is 11.4 Å². The summed E-state index contributed by atoms with van der Waals surface area (Å²) in [6.45, 7) is 1.19. The van der Waals surface area contributed by atoms with Crippen LogP contribution >= 0.6 is 0 Å². The van der Waals surface area contributed by atoms with E-state index < -0.39 is 0 Å². The Labute approximate surface area is 124 Å². The third-order valence-corrected chi connectivity index (χ3v) is 3.08. The highest BCUT2D eigenvalue weighted by Gasteiger charge is 2.05. The molecule has 1 heterocycles. The van der Waals surface area contributed by atoms with E-state index in [0.29, 0.717) is 19.0 Å². The lowest BCUT2D eigenvalue weighted by atomic mass is 10.2. The summed E-state index contributed by atoms with van der Waals surface area (Å²) < 4.78 is 7.05. The van der Waals surface area contributed by atoms with Gasteiger partial charge in [0.15, 0.2) is 5.96 Å². The SMILES string of the molecule is CN=C(NCc1ccccc1OC)NCc1ncnn1C. The van der Waals surface area contributed by atoms with Crippen molar-refractivity contribution in [1.29, 1.82) is 0 Å². The van der Waals surface area contributed by atoms with Gasteiger partial charge >= 0.3 is 0 Å². The molecule has 0 fully saturated rings. The lowest BCUT2D eigenvalue weighted by Gasteiger charge is -2.13. The van der Waals surface area contributed by atoms with E-state index in [1.165, 1.54) is 6.33 Å². The standard InChI is InChI=1S/C14H20N6O/c1-15-14(17-9-13-18-10-19-20(13)2)16-8-11-6-4-5-7-12(11)21-3/h4-7,10H,8-9H2,1-3H3,(H2,15,16,17). The second-order valence-electron chi connectivity index (χ2n) is 4.39. The number of aliphatic imine (C=N–C) groups is 1. The molecule has 7 nitrogen and oxygen atoms in total. The number of guanidine groups is 1. The largest absolute Gasteiger partial charge is 0.496 e. The molecule has 1 aromatic heterocycles. The second-order valence-corrected chi connectivity index (χ2v) is 4.39. The van der Waals surface area contributed by atoms with Crippen molar-refractivity contribution in [3.8, 4) is 5.75 Å². The van der Waals surface area contributed by atoms with Crippen molar-refractivity contribution < 1.29 is 4.74 Å². The molecule has 0 atom stereocenters. The maximum absolute atomic E-state index is 5.32. The second kappa shape index (κ2) is 7.28. The highest BCUT2D eigenvalue weighted by Crippen LogP contribution is 2.16. The summed E-state index contributed by atoms with van der Waals surface area (Å²) in [7, 11) is 5.25. The van der Waals surface area contributed by atoms with Gasteiger partial charge in [0.2, 0.25) is 0 Å². The average molecular weight is 288 g/mol. The normalized spacial score (nSPS) is 11.3. The van der Waals surface area contributed by atoms with Gasteiger partial charge in [-0.3, -0.25) is 9.67 Å². The molecular formula is C14H20N6O. The molecule has 2 rings (SSSR count). The summed E-state index contributed by atoms with van der Waals surface area (Å²) >= 11 is 0. The van der Waals surface area contributed by atoms with Crippen LogP contribution in [0.4, 0.5) is 0 Å². The molecule has 0 spiro atoms. The van der Waals surface area contributed by atoms with E-state index in [1.54, 1.807) is 18.8 Å². The van der Waals surface area contributed by atoms with Crippen molar-refractivity contribution in [2.45, 2.75) is 13.1 Å². The van der Waals surface area contributed by atoms with Crippen LogP contribution in [-0.2, 0) is 20.1 Å². The van der Waals surface area contributed by atoms with Gasteiger partial charge in [-0.15, -0.1) is 0 Å². The number of methoxy groups -OCH3 is 1. The number of benzene rings is 1. The molecule has 2 aromatic rings. The summed E-state index contributed by atoms with van der Waals surface area (Å²) in [5, 5.41) is 10.5. The third-order valence-electron chi connectivity index (χ3n) is 3.08. The molecule has 0 radical (unpaired) electrons. The van der Waals surface area contributed by atoms with Gasteiger partial charge in [-0.2, -0.15) is 5.10 Å². The molecule has 1 aromatic carbocycles. The predicted molar refractivity (Wildman–Crippen MR) is 81.0 cm³/mol. The molecule has 2 N–H and O–H groups in total. The molecule has 0 aliphatic heterocycles. The van der Waals surface area contributed by atoms with Gasteiger partial charge < -0.3 is 15.4 Å². The van der Waals surface area contributed by atoms with Crippen molar-refractivity contribution in [3.05, 3.63) is 42.0 Å². The summed E-state index contributed by atoms with van der Waals surface area (Å²) in [6.07, 6.45) is 1.53. The summed E-state index contributed by atoms with van der Waals surface area (Å²) in [5.41, 5.74) is 1.07. The number of para-hydroxylation sites is 1. The van der Waals surface area contributed by atoms with E-state index in [9.17, 15) is 0 Å². The monoisotopic (exact) mass is 288 g/mol. The van der Waals surface area contributed by atoms with E-state index >= 15 is 0 Å². The van der Waals surface area contributed by atoms with E-state index in [4.69, 9.17) is 4.74 Å². The van der Waals surface area contributed by atoms with Gasteiger partial charge in [0.1, 0.15) is 17.9 Å². The Morgan fingerprint density at radius 2 is 2.05 bits per heavy atom. The first-order chi connectivity index (χ1) is 10.2. The summed E-state index contributed by atoms with van der Waals surface area (Å²) in [6, 6.07) is 7.88. The van der Waals surface area contributed by atoms with Crippen LogP contribution < -0.4 is 15.4 Å². The van der Waals surface area contributed by atoms with Crippen LogP contribution in [0.25, 0.3) is 0 Å². The van der Waals surface area contributed by atoms with Crippen LogP contribution in [0.15, 0.2) is 35.6 Å². The van der Waals surface area contributed by atoms with Crippen molar-refractivity contribution in [2.75, 3.05) is 14.2 Å². The highest BCUT2D eigenvalue weighted by molar-refractivity contribution is 5.79. The van der Waals surface area contributed by atoms with Gasteiger partial charge in [0.05, 0.1) is 13.7 Å². The maximum atomic E-state index is 5.32. The fourth-order valence-corrected chi connectivity index (χ4v) is 1.89. The lowest BCUT2D eigenvalue weighted by molar-refractivity contribution is 0.409. The van der Waals surface area contributed by atoms with E-state index in [-0.39, 0.29) is 0 Å². The van der Waals surface area contributed by atoms with Crippen molar-refractivity contribution in [3.63, 3.8) is 0 Å². The minimum Gasteiger partial charge on any atom is -0.496 e. The van der Waals surface area contributed by atoms with E-state index in [2.05, 4.69) is 25.7 Å². The molecule has 0 amide bonds.